The van der Waals surface area contributed by atoms with Crippen molar-refractivity contribution in [3.8, 4) is 0 Å². The summed E-state index contributed by atoms with van der Waals surface area (Å²) < 4.78 is 0. The van der Waals surface area contributed by atoms with Crippen LogP contribution in [0.15, 0.2) is 17.5 Å². The highest BCUT2D eigenvalue weighted by molar-refractivity contribution is 7.10. The Morgan fingerprint density at radius 2 is 2.38 bits per heavy atom. The van der Waals surface area contributed by atoms with E-state index in [0.717, 1.165) is 12.5 Å². The number of hydrogen-bond donors (Lipinski definition) is 1. The molecule has 0 spiro atoms. The molecule has 2 heterocycles. The van der Waals surface area contributed by atoms with E-state index in [4.69, 9.17) is 5.73 Å². The van der Waals surface area contributed by atoms with Gasteiger partial charge in [-0.05, 0) is 30.2 Å². The van der Waals surface area contributed by atoms with Gasteiger partial charge in [0, 0.05) is 30.1 Å². The molecule has 0 saturated carbocycles. The zero-order chi connectivity index (χ0) is 11.5. The molecule has 1 aromatic heterocycles. The highest BCUT2D eigenvalue weighted by atomic mass is 32.1. The Bertz CT molecular complexity index is 300. The molecule has 2 rings (SSSR count). The lowest BCUT2D eigenvalue weighted by molar-refractivity contribution is 0.114. The molecule has 1 aromatic rings. The second-order valence-electron chi connectivity index (χ2n) is 4.99. The first-order valence-electron chi connectivity index (χ1n) is 6.23. The van der Waals surface area contributed by atoms with Crippen LogP contribution in [0.1, 0.15) is 37.6 Å². The highest BCUT2D eigenvalue weighted by Crippen LogP contribution is 2.31. The molecule has 1 fully saturated rings. The Kier molecular flexibility index (Phi) is 4.00. The Hall–Kier alpha value is -0.380. The van der Waals surface area contributed by atoms with Crippen LogP contribution in [0.4, 0.5) is 0 Å². The number of likely N-dealkylation sites (tertiary alicyclic amines) is 1. The lowest BCUT2D eigenvalue weighted by atomic mass is 9.94. The third-order valence-electron chi connectivity index (χ3n) is 3.42. The molecule has 0 amide bonds. The van der Waals surface area contributed by atoms with Crippen LogP contribution in [0.25, 0.3) is 0 Å². The Morgan fingerprint density at radius 3 is 2.94 bits per heavy atom. The SMILES string of the molecule is CCC(c1cccs1)N1CC(C)CC(N)C1. The van der Waals surface area contributed by atoms with Crippen LogP contribution in [0.3, 0.4) is 0 Å². The van der Waals surface area contributed by atoms with E-state index in [2.05, 4.69) is 36.3 Å². The minimum Gasteiger partial charge on any atom is -0.327 e. The Balaban J connectivity index is 2.09. The predicted molar refractivity (Wildman–Crippen MR) is 70.7 cm³/mol. The van der Waals surface area contributed by atoms with E-state index in [1.807, 2.05) is 11.3 Å². The fraction of sp³-hybridized carbons (Fsp3) is 0.692. The smallest absolute Gasteiger partial charge is 0.0439 e. The molecule has 0 bridgehead atoms. The van der Waals surface area contributed by atoms with Gasteiger partial charge < -0.3 is 5.73 Å². The number of nitrogens with zero attached hydrogens (tertiary/aromatic N) is 1. The molecule has 90 valence electrons. The van der Waals surface area contributed by atoms with Crippen LogP contribution in [0.5, 0.6) is 0 Å². The van der Waals surface area contributed by atoms with Crippen LogP contribution >= 0.6 is 11.3 Å². The minimum atomic E-state index is 0.359. The minimum absolute atomic E-state index is 0.359. The van der Waals surface area contributed by atoms with Crippen molar-refractivity contribution in [1.29, 1.82) is 0 Å². The first-order valence-corrected chi connectivity index (χ1v) is 7.11. The van der Waals surface area contributed by atoms with Gasteiger partial charge >= 0.3 is 0 Å². The molecule has 2 nitrogen and oxygen atoms in total. The Labute approximate surface area is 102 Å². The van der Waals surface area contributed by atoms with Crippen LogP contribution < -0.4 is 5.73 Å². The summed E-state index contributed by atoms with van der Waals surface area (Å²) in [6.45, 7) is 6.84. The highest BCUT2D eigenvalue weighted by Gasteiger charge is 2.27. The predicted octanol–water partition coefficient (Wildman–Crippen LogP) is 2.87. The summed E-state index contributed by atoms with van der Waals surface area (Å²) >= 11 is 1.87. The summed E-state index contributed by atoms with van der Waals surface area (Å²) in [6.07, 6.45) is 2.36. The number of nitrogens with two attached hydrogens (primary N) is 1. The van der Waals surface area contributed by atoms with Gasteiger partial charge in [-0.25, -0.2) is 0 Å². The summed E-state index contributed by atoms with van der Waals surface area (Å²) in [6, 6.07) is 5.34. The van der Waals surface area contributed by atoms with Gasteiger partial charge in [0.15, 0.2) is 0 Å². The average molecular weight is 238 g/mol. The van der Waals surface area contributed by atoms with E-state index in [0.29, 0.717) is 12.1 Å². The van der Waals surface area contributed by atoms with E-state index in [-0.39, 0.29) is 0 Å². The van der Waals surface area contributed by atoms with Crippen LogP contribution in [0, 0.1) is 5.92 Å². The van der Waals surface area contributed by atoms with E-state index < -0.39 is 0 Å². The molecular formula is C13H22N2S. The van der Waals surface area contributed by atoms with E-state index in [9.17, 15) is 0 Å². The third-order valence-corrected chi connectivity index (χ3v) is 4.39. The van der Waals surface area contributed by atoms with Crippen LogP contribution in [0.2, 0.25) is 0 Å². The molecule has 0 aromatic carbocycles. The van der Waals surface area contributed by atoms with E-state index in [1.54, 1.807) is 0 Å². The van der Waals surface area contributed by atoms with Crippen molar-refractivity contribution in [2.75, 3.05) is 13.1 Å². The summed E-state index contributed by atoms with van der Waals surface area (Å²) in [5.74, 6) is 0.734. The summed E-state index contributed by atoms with van der Waals surface area (Å²) in [5, 5.41) is 2.17. The zero-order valence-corrected chi connectivity index (χ0v) is 11.0. The topological polar surface area (TPSA) is 29.3 Å². The van der Waals surface area contributed by atoms with Crippen molar-refractivity contribution in [1.82, 2.24) is 4.90 Å². The van der Waals surface area contributed by atoms with E-state index >= 15 is 0 Å². The van der Waals surface area contributed by atoms with Crippen molar-refractivity contribution in [3.63, 3.8) is 0 Å². The van der Waals surface area contributed by atoms with E-state index in [1.165, 1.54) is 24.3 Å². The van der Waals surface area contributed by atoms with Gasteiger partial charge in [0.2, 0.25) is 0 Å². The van der Waals surface area contributed by atoms with Crippen LogP contribution in [-0.2, 0) is 0 Å². The monoisotopic (exact) mass is 238 g/mol. The summed E-state index contributed by atoms with van der Waals surface area (Å²) in [4.78, 5) is 4.06. The number of rotatable bonds is 3. The molecule has 0 radical (unpaired) electrons. The Morgan fingerprint density at radius 1 is 1.56 bits per heavy atom. The van der Waals surface area contributed by atoms with Crippen molar-refractivity contribution >= 4 is 11.3 Å². The summed E-state index contributed by atoms with van der Waals surface area (Å²) in [5.41, 5.74) is 6.12. The van der Waals surface area contributed by atoms with Crippen molar-refractivity contribution < 1.29 is 0 Å². The molecule has 3 unspecified atom stereocenters. The standard InChI is InChI=1S/C13H22N2S/c1-3-12(13-5-4-6-16-13)15-8-10(2)7-11(14)9-15/h4-6,10-12H,3,7-9,14H2,1-2H3. The van der Waals surface area contributed by atoms with Gasteiger partial charge in [-0.1, -0.05) is 19.9 Å². The summed E-state index contributed by atoms with van der Waals surface area (Å²) in [7, 11) is 0. The molecule has 0 aliphatic carbocycles. The van der Waals surface area contributed by atoms with Crippen LogP contribution in [-0.4, -0.2) is 24.0 Å². The molecule has 1 aliphatic rings. The van der Waals surface area contributed by atoms with Gasteiger partial charge in [-0.15, -0.1) is 11.3 Å². The number of thiophene rings is 1. The van der Waals surface area contributed by atoms with Gasteiger partial charge in [0.05, 0.1) is 0 Å². The first-order chi connectivity index (χ1) is 7.70. The average Bonchev–Trinajstić information content (AvgIpc) is 2.70. The third kappa shape index (κ3) is 2.65. The largest absolute Gasteiger partial charge is 0.327 e. The lowest BCUT2D eigenvalue weighted by Crippen LogP contribution is -2.47. The second-order valence-corrected chi connectivity index (χ2v) is 5.97. The maximum Gasteiger partial charge on any atom is 0.0439 e. The number of piperidine rings is 1. The maximum absolute atomic E-state index is 6.12. The maximum atomic E-state index is 6.12. The van der Waals surface area contributed by atoms with Gasteiger partial charge in [-0.2, -0.15) is 0 Å². The van der Waals surface area contributed by atoms with Crippen molar-refractivity contribution in [2.24, 2.45) is 11.7 Å². The fourth-order valence-corrected chi connectivity index (χ4v) is 3.76. The molecule has 16 heavy (non-hydrogen) atoms. The number of hydrogen-bond acceptors (Lipinski definition) is 3. The van der Waals surface area contributed by atoms with Crippen molar-refractivity contribution in [2.45, 2.75) is 38.8 Å². The zero-order valence-electron chi connectivity index (χ0n) is 10.2. The first kappa shape index (κ1) is 12.1. The molecule has 2 N–H and O–H groups in total. The molecule has 3 heteroatoms. The fourth-order valence-electron chi connectivity index (χ4n) is 2.82. The molecule has 1 aliphatic heterocycles. The second kappa shape index (κ2) is 5.30. The lowest BCUT2D eigenvalue weighted by Gasteiger charge is -2.39. The van der Waals surface area contributed by atoms with Gasteiger partial charge in [0.25, 0.3) is 0 Å². The van der Waals surface area contributed by atoms with Crippen molar-refractivity contribution in [3.05, 3.63) is 22.4 Å². The van der Waals surface area contributed by atoms with Gasteiger partial charge in [0.1, 0.15) is 0 Å². The quantitative estimate of drug-likeness (QED) is 0.877. The molecule has 1 saturated heterocycles. The molecule has 3 atom stereocenters. The van der Waals surface area contributed by atoms with Gasteiger partial charge in [-0.3, -0.25) is 4.90 Å². The molecular weight excluding hydrogens is 216 g/mol. The normalized spacial score (nSPS) is 29.2.